The molecule has 18 heavy (non-hydrogen) atoms. The molecule has 0 aromatic rings. The summed E-state index contributed by atoms with van der Waals surface area (Å²) < 4.78 is 14.9. The van der Waals surface area contributed by atoms with Crippen LogP contribution in [0.25, 0.3) is 0 Å². The number of aliphatic hydroxyl groups is 2. The minimum absolute atomic E-state index is 0.260. The summed E-state index contributed by atoms with van der Waals surface area (Å²) in [4.78, 5) is 0. The Morgan fingerprint density at radius 3 is 2.44 bits per heavy atom. The molecule has 0 aromatic heterocycles. The molecule has 0 saturated heterocycles. The van der Waals surface area contributed by atoms with Gasteiger partial charge in [0, 0.05) is 40.3 Å². The minimum atomic E-state index is -0.827. The zero-order valence-corrected chi connectivity index (χ0v) is 11.6. The van der Waals surface area contributed by atoms with E-state index < -0.39 is 11.7 Å². The molecule has 2 atom stereocenters. The van der Waals surface area contributed by atoms with E-state index in [4.69, 9.17) is 14.2 Å². The van der Waals surface area contributed by atoms with E-state index in [1.807, 2.05) is 0 Å². The van der Waals surface area contributed by atoms with Gasteiger partial charge in [-0.05, 0) is 6.92 Å². The third-order valence-electron chi connectivity index (χ3n) is 2.47. The van der Waals surface area contributed by atoms with Gasteiger partial charge < -0.3 is 29.7 Å². The highest BCUT2D eigenvalue weighted by atomic mass is 16.5. The molecule has 0 heterocycles. The molecule has 6 nitrogen and oxygen atoms in total. The summed E-state index contributed by atoms with van der Waals surface area (Å²) >= 11 is 0. The van der Waals surface area contributed by atoms with Crippen molar-refractivity contribution in [2.45, 2.75) is 25.0 Å². The van der Waals surface area contributed by atoms with Crippen molar-refractivity contribution in [3.63, 3.8) is 0 Å². The molecule has 110 valence electrons. The SMILES string of the molecule is COCCOCC(O)CNCC(C)(O)CCOC. The van der Waals surface area contributed by atoms with E-state index in [1.54, 1.807) is 21.1 Å². The summed E-state index contributed by atoms with van der Waals surface area (Å²) in [5.41, 5.74) is -0.827. The van der Waals surface area contributed by atoms with Crippen molar-refractivity contribution in [3.8, 4) is 0 Å². The van der Waals surface area contributed by atoms with E-state index in [0.29, 0.717) is 39.3 Å². The molecule has 2 unspecified atom stereocenters. The molecule has 0 aliphatic carbocycles. The van der Waals surface area contributed by atoms with Crippen LogP contribution in [-0.2, 0) is 14.2 Å². The summed E-state index contributed by atoms with van der Waals surface area (Å²) in [6.45, 7) is 4.29. The van der Waals surface area contributed by atoms with Crippen molar-refractivity contribution in [3.05, 3.63) is 0 Å². The van der Waals surface area contributed by atoms with E-state index in [0.717, 1.165) is 0 Å². The van der Waals surface area contributed by atoms with Gasteiger partial charge in [-0.3, -0.25) is 0 Å². The predicted molar refractivity (Wildman–Crippen MR) is 68.7 cm³/mol. The van der Waals surface area contributed by atoms with Crippen molar-refractivity contribution in [2.24, 2.45) is 0 Å². The largest absolute Gasteiger partial charge is 0.389 e. The molecular formula is C12H27NO5. The molecule has 0 spiro atoms. The van der Waals surface area contributed by atoms with Crippen molar-refractivity contribution < 1.29 is 24.4 Å². The average Bonchev–Trinajstić information content (AvgIpc) is 2.32. The Morgan fingerprint density at radius 2 is 1.83 bits per heavy atom. The first-order valence-electron chi connectivity index (χ1n) is 6.18. The molecule has 0 aromatic carbocycles. The summed E-state index contributed by atoms with van der Waals surface area (Å²) in [5, 5.41) is 22.5. The van der Waals surface area contributed by atoms with Gasteiger partial charge in [0.2, 0.25) is 0 Å². The lowest BCUT2D eigenvalue weighted by Gasteiger charge is -2.24. The van der Waals surface area contributed by atoms with Gasteiger partial charge in [-0.25, -0.2) is 0 Å². The zero-order chi connectivity index (χ0) is 13.9. The van der Waals surface area contributed by atoms with Gasteiger partial charge >= 0.3 is 0 Å². The Balaban J connectivity index is 3.51. The van der Waals surface area contributed by atoms with E-state index in [1.165, 1.54) is 0 Å². The number of methoxy groups -OCH3 is 2. The highest BCUT2D eigenvalue weighted by Crippen LogP contribution is 2.07. The van der Waals surface area contributed by atoms with Crippen molar-refractivity contribution in [1.82, 2.24) is 5.32 Å². The van der Waals surface area contributed by atoms with Gasteiger partial charge in [-0.2, -0.15) is 0 Å². The molecule has 0 bridgehead atoms. The van der Waals surface area contributed by atoms with E-state index >= 15 is 0 Å². The lowest BCUT2D eigenvalue weighted by molar-refractivity contribution is 0.00395. The van der Waals surface area contributed by atoms with Crippen molar-refractivity contribution >= 4 is 0 Å². The van der Waals surface area contributed by atoms with Gasteiger partial charge in [0.25, 0.3) is 0 Å². The maximum atomic E-state index is 9.93. The molecule has 0 fully saturated rings. The lowest BCUT2D eigenvalue weighted by atomic mass is 10.0. The Bertz CT molecular complexity index is 189. The maximum absolute atomic E-state index is 9.93. The predicted octanol–water partition coefficient (Wildman–Crippen LogP) is -0.613. The molecule has 3 N–H and O–H groups in total. The van der Waals surface area contributed by atoms with E-state index in [9.17, 15) is 10.2 Å². The third-order valence-corrected chi connectivity index (χ3v) is 2.47. The molecule has 0 rings (SSSR count). The second-order valence-electron chi connectivity index (χ2n) is 4.59. The highest BCUT2D eigenvalue weighted by molar-refractivity contribution is 4.76. The van der Waals surface area contributed by atoms with Crippen LogP contribution in [0.4, 0.5) is 0 Å². The Hall–Kier alpha value is -0.240. The first kappa shape index (κ1) is 17.8. The number of hydrogen-bond donors (Lipinski definition) is 3. The van der Waals surface area contributed by atoms with E-state index in [-0.39, 0.29) is 6.61 Å². The average molecular weight is 265 g/mol. The molecule has 0 saturated carbocycles. The number of hydrogen-bond acceptors (Lipinski definition) is 6. The minimum Gasteiger partial charge on any atom is -0.389 e. The van der Waals surface area contributed by atoms with Crippen molar-refractivity contribution in [2.75, 3.05) is 53.7 Å². The van der Waals surface area contributed by atoms with Crippen LogP contribution in [0.3, 0.4) is 0 Å². The van der Waals surface area contributed by atoms with Crippen LogP contribution >= 0.6 is 0 Å². The summed E-state index contributed by atoms with van der Waals surface area (Å²) in [6.07, 6.45) is -0.0307. The number of nitrogens with one attached hydrogen (secondary N) is 1. The Kier molecular flexibility index (Phi) is 10.5. The lowest BCUT2D eigenvalue weighted by Crippen LogP contribution is -2.42. The maximum Gasteiger partial charge on any atom is 0.0897 e. The second kappa shape index (κ2) is 10.7. The van der Waals surface area contributed by atoms with Gasteiger partial charge in [0.1, 0.15) is 0 Å². The first-order valence-corrected chi connectivity index (χ1v) is 6.18. The quantitative estimate of drug-likeness (QED) is 0.408. The molecule has 0 radical (unpaired) electrons. The Labute approximate surface area is 109 Å². The van der Waals surface area contributed by atoms with Gasteiger partial charge in [0.15, 0.2) is 0 Å². The standard InChI is InChI=1S/C12H27NO5/c1-12(15,4-5-16-2)10-13-8-11(14)9-18-7-6-17-3/h11,13-15H,4-10H2,1-3H3. The fourth-order valence-corrected chi connectivity index (χ4v) is 1.34. The fraction of sp³-hybridized carbons (Fsp3) is 1.00. The van der Waals surface area contributed by atoms with Crippen LogP contribution in [0.1, 0.15) is 13.3 Å². The third kappa shape index (κ3) is 10.9. The van der Waals surface area contributed by atoms with Crippen LogP contribution < -0.4 is 5.32 Å². The van der Waals surface area contributed by atoms with Crippen LogP contribution in [0, 0.1) is 0 Å². The van der Waals surface area contributed by atoms with Gasteiger partial charge in [-0.1, -0.05) is 0 Å². The number of rotatable bonds is 12. The number of ether oxygens (including phenoxy) is 3. The molecule has 6 heteroatoms. The normalized spacial score (nSPS) is 16.5. The highest BCUT2D eigenvalue weighted by Gasteiger charge is 2.19. The topological polar surface area (TPSA) is 80.2 Å². The smallest absolute Gasteiger partial charge is 0.0897 e. The second-order valence-corrected chi connectivity index (χ2v) is 4.59. The first-order chi connectivity index (χ1) is 8.52. The molecule has 0 amide bonds. The van der Waals surface area contributed by atoms with Crippen LogP contribution in [0.2, 0.25) is 0 Å². The summed E-state index contributed by atoms with van der Waals surface area (Å²) in [5.74, 6) is 0. The molecule has 0 aliphatic rings. The Morgan fingerprint density at radius 1 is 1.17 bits per heavy atom. The molecule has 0 aliphatic heterocycles. The van der Waals surface area contributed by atoms with Crippen LogP contribution in [0.5, 0.6) is 0 Å². The van der Waals surface area contributed by atoms with Crippen molar-refractivity contribution in [1.29, 1.82) is 0 Å². The van der Waals surface area contributed by atoms with E-state index in [2.05, 4.69) is 5.32 Å². The van der Waals surface area contributed by atoms with Gasteiger partial charge in [-0.15, -0.1) is 0 Å². The zero-order valence-electron chi connectivity index (χ0n) is 11.6. The van der Waals surface area contributed by atoms with Gasteiger partial charge in [0.05, 0.1) is 31.5 Å². The van der Waals surface area contributed by atoms with Crippen LogP contribution in [0.15, 0.2) is 0 Å². The number of aliphatic hydroxyl groups excluding tert-OH is 1. The van der Waals surface area contributed by atoms with Crippen LogP contribution in [-0.4, -0.2) is 75.7 Å². The summed E-state index contributed by atoms with van der Waals surface area (Å²) in [6, 6.07) is 0. The molecular weight excluding hydrogens is 238 g/mol. The fourth-order valence-electron chi connectivity index (χ4n) is 1.34. The monoisotopic (exact) mass is 265 g/mol. The summed E-state index contributed by atoms with van der Waals surface area (Å²) in [7, 11) is 3.20.